The van der Waals surface area contributed by atoms with E-state index in [-0.39, 0.29) is 29.7 Å². The van der Waals surface area contributed by atoms with Gasteiger partial charge in [0, 0.05) is 17.8 Å². The lowest BCUT2D eigenvalue weighted by molar-refractivity contribution is -0.138. The number of amides is 2. The van der Waals surface area contributed by atoms with Crippen molar-refractivity contribution in [2.75, 3.05) is 11.9 Å². The Labute approximate surface area is 177 Å². The monoisotopic (exact) mass is 408 g/mol. The Balaban J connectivity index is 2.01. The van der Waals surface area contributed by atoms with Crippen molar-refractivity contribution in [1.29, 1.82) is 0 Å². The first-order valence-electron chi connectivity index (χ1n) is 10.2. The summed E-state index contributed by atoms with van der Waals surface area (Å²) in [7, 11) is 0. The smallest absolute Gasteiger partial charge is 0.278 e. The number of carbonyl (C=O) groups is 2. The molecule has 0 saturated heterocycles. The minimum atomic E-state index is -0.339. The van der Waals surface area contributed by atoms with Crippen LogP contribution in [0.2, 0.25) is 0 Å². The van der Waals surface area contributed by atoms with Crippen LogP contribution in [0, 0.1) is 0 Å². The van der Waals surface area contributed by atoms with Crippen LogP contribution in [0.3, 0.4) is 0 Å². The number of imide groups is 1. The van der Waals surface area contributed by atoms with E-state index in [1.165, 1.54) is 4.90 Å². The fourth-order valence-corrected chi connectivity index (χ4v) is 3.35. The van der Waals surface area contributed by atoms with Gasteiger partial charge in [0.1, 0.15) is 17.2 Å². The van der Waals surface area contributed by atoms with Gasteiger partial charge in [-0.2, -0.15) is 0 Å². The largest absolute Gasteiger partial charge is 0.494 e. The van der Waals surface area contributed by atoms with E-state index in [0.717, 1.165) is 0 Å². The second kappa shape index (κ2) is 9.03. The summed E-state index contributed by atoms with van der Waals surface area (Å²) < 4.78 is 11.2. The Hall–Kier alpha value is -3.28. The van der Waals surface area contributed by atoms with Crippen molar-refractivity contribution in [2.45, 2.75) is 46.8 Å². The van der Waals surface area contributed by atoms with E-state index in [0.29, 0.717) is 34.9 Å². The molecule has 158 valence electrons. The van der Waals surface area contributed by atoms with E-state index < -0.39 is 0 Å². The quantitative estimate of drug-likeness (QED) is 0.653. The normalized spacial score (nSPS) is 14.2. The Bertz CT molecular complexity index is 961. The number of benzene rings is 2. The van der Waals surface area contributed by atoms with E-state index in [9.17, 15) is 9.59 Å². The number of ether oxygens (including phenoxy) is 2. The minimum Gasteiger partial charge on any atom is -0.494 e. The first kappa shape index (κ1) is 21.4. The first-order chi connectivity index (χ1) is 14.3. The highest BCUT2D eigenvalue weighted by molar-refractivity contribution is 6.36. The lowest BCUT2D eigenvalue weighted by Crippen LogP contribution is -2.38. The molecule has 6 nitrogen and oxygen atoms in total. The Morgan fingerprint density at radius 3 is 2.23 bits per heavy atom. The van der Waals surface area contributed by atoms with Crippen molar-refractivity contribution >= 4 is 23.1 Å². The summed E-state index contributed by atoms with van der Waals surface area (Å²) in [5.74, 6) is 0.758. The zero-order valence-electron chi connectivity index (χ0n) is 18.1. The summed E-state index contributed by atoms with van der Waals surface area (Å²) in [4.78, 5) is 27.5. The molecule has 30 heavy (non-hydrogen) atoms. The van der Waals surface area contributed by atoms with Crippen molar-refractivity contribution in [3.05, 3.63) is 59.8 Å². The van der Waals surface area contributed by atoms with Gasteiger partial charge < -0.3 is 14.8 Å². The van der Waals surface area contributed by atoms with Gasteiger partial charge in [-0.15, -0.1) is 0 Å². The van der Waals surface area contributed by atoms with E-state index >= 15 is 0 Å². The predicted molar refractivity (Wildman–Crippen MR) is 117 cm³/mol. The number of hydrogen-bond donors (Lipinski definition) is 1. The van der Waals surface area contributed by atoms with Crippen molar-refractivity contribution in [2.24, 2.45) is 0 Å². The minimum absolute atomic E-state index is 0.0519. The molecule has 0 atom stereocenters. The third kappa shape index (κ3) is 4.48. The summed E-state index contributed by atoms with van der Waals surface area (Å²) in [6, 6.07) is 14.3. The van der Waals surface area contributed by atoms with Gasteiger partial charge in [0.25, 0.3) is 11.8 Å². The summed E-state index contributed by atoms with van der Waals surface area (Å²) >= 11 is 0. The average molecular weight is 408 g/mol. The maximum Gasteiger partial charge on any atom is 0.278 e. The van der Waals surface area contributed by atoms with Gasteiger partial charge in [-0.3, -0.25) is 14.5 Å². The topological polar surface area (TPSA) is 67.9 Å². The number of anilines is 1. The molecule has 3 rings (SSSR count). The van der Waals surface area contributed by atoms with Crippen molar-refractivity contribution in [1.82, 2.24) is 4.90 Å². The molecule has 2 aromatic carbocycles. The standard InChI is InChI=1S/C24H28N2O4/c1-6-29-20-9-7-8-18(14-20)25-22-21(23(27)26(15(2)3)24(22)28)17-10-12-19(13-11-17)30-16(4)5/h7-16,25H,6H2,1-5H3. The Morgan fingerprint density at radius 1 is 0.933 bits per heavy atom. The van der Waals surface area contributed by atoms with Crippen LogP contribution in [-0.4, -0.2) is 35.5 Å². The molecule has 0 unspecified atom stereocenters. The SMILES string of the molecule is CCOc1cccc(NC2=C(c3ccc(OC(C)C)cc3)C(=O)N(C(C)C)C2=O)c1. The highest BCUT2D eigenvalue weighted by Gasteiger charge is 2.40. The molecular weight excluding hydrogens is 380 g/mol. The molecule has 0 fully saturated rings. The lowest BCUT2D eigenvalue weighted by Gasteiger charge is -2.19. The summed E-state index contributed by atoms with van der Waals surface area (Å²) in [5, 5.41) is 3.16. The van der Waals surface area contributed by atoms with Crippen LogP contribution in [0.25, 0.3) is 5.57 Å². The number of rotatable bonds is 8. The van der Waals surface area contributed by atoms with Crippen molar-refractivity contribution in [3.8, 4) is 11.5 Å². The second-order valence-electron chi connectivity index (χ2n) is 7.60. The first-order valence-corrected chi connectivity index (χ1v) is 10.2. The summed E-state index contributed by atoms with van der Waals surface area (Å²) in [6.45, 7) is 10.0. The maximum atomic E-state index is 13.1. The second-order valence-corrected chi connectivity index (χ2v) is 7.60. The lowest BCUT2D eigenvalue weighted by atomic mass is 10.0. The molecule has 0 bridgehead atoms. The molecule has 0 radical (unpaired) electrons. The number of carbonyl (C=O) groups excluding carboxylic acids is 2. The zero-order chi connectivity index (χ0) is 21.8. The van der Waals surface area contributed by atoms with Gasteiger partial charge in [-0.25, -0.2) is 0 Å². The summed E-state index contributed by atoms with van der Waals surface area (Å²) in [6.07, 6.45) is 0.0519. The number of nitrogens with one attached hydrogen (secondary N) is 1. The molecule has 0 aromatic heterocycles. The maximum absolute atomic E-state index is 13.1. The van der Waals surface area contributed by atoms with Gasteiger partial charge in [0.15, 0.2) is 0 Å². The van der Waals surface area contributed by atoms with E-state index in [4.69, 9.17) is 9.47 Å². The molecule has 0 saturated carbocycles. The molecule has 1 aliphatic heterocycles. The summed E-state index contributed by atoms with van der Waals surface area (Å²) in [5.41, 5.74) is 1.96. The third-order valence-electron chi connectivity index (χ3n) is 4.56. The predicted octanol–water partition coefficient (Wildman–Crippen LogP) is 4.47. The molecule has 2 amide bonds. The van der Waals surface area contributed by atoms with Crippen LogP contribution in [-0.2, 0) is 9.59 Å². The molecule has 1 heterocycles. The van der Waals surface area contributed by atoms with Crippen LogP contribution in [0.1, 0.15) is 40.2 Å². The molecule has 1 N–H and O–H groups in total. The van der Waals surface area contributed by atoms with Crippen LogP contribution in [0.15, 0.2) is 54.2 Å². The highest BCUT2D eigenvalue weighted by Crippen LogP contribution is 2.33. The van der Waals surface area contributed by atoms with Crippen LogP contribution in [0.5, 0.6) is 11.5 Å². The fraction of sp³-hybridized carbons (Fsp3) is 0.333. The molecule has 2 aromatic rings. The molecular formula is C24H28N2O4. The Morgan fingerprint density at radius 2 is 1.63 bits per heavy atom. The van der Waals surface area contributed by atoms with Crippen LogP contribution in [0.4, 0.5) is 5.69 Å². The number of hydrogen-bond acceptors (Lipinski definition) is 5. The van der Waals surface area contributed by atoms with Gasteiger partial charge in [0.2, 0.25) is 0 Å². The molecule has 0 spiro atoms. The number of nitrogens with zero attached hydrogens (tertiary/aromatic N) is 1. The van der Waals surface area contributed by atoms with Crippen LogP contribution >= 0.6 is 0 Å². The van der Waals surface area contributed by atoms with Crippen LogP contribution < -0.4 is 14.8 Å². The van der Waals surface area contributed by atoms with Gasteiger partial charge in [0.05, 0.1) is 18.3 Å². The van der Waals surface area contributed by atoms with Crippen molar-refractivity contribution in [3.63, 3.8) is 0 Å². The molecule has 1 aliphatic rings. The van der Waals surface area contributed by atoms with Gasteiger partial charge in [-0.1, -0.05) is 18.2 Å². The van der Waals surface area contributed by atoms with E-state index in [1.54, 1.807) is 12.1 Å². The fourth-order valence-electron chi connectivity index (χ4n) is 3.35. The van der Waals surface area contributed by atoms with Gasteiger partial charge in [-0.05, 0) is 64.4 Å². The zero-order valence-corrected chi connectivity index (χ0v) is 18.1. The highest BCUT2D eigenvalue weighted by atomic mass is 16.5. The van der Waals surface area contributed by atoms with Gasteiger partial charge >= 0.3 is 0 Å². The third-order valence-corrected chi connectivity index (χ3v) is 4.56. The Kier molecular flexibility index (Phi) is 6.45. The molecule has 0 aliphatic carbocycles. The molecule has 6 heteroatoms. The van der Waals surface area contributed by atoms with Crippen molar-refractivity contribution < 1.29 is 19.1 Å². The van der Waals surface area contributed by atoms with E-state index in [2.05, 4.69) is 5.32 Å². The average Bonchev–Trinajstić information content (AvgIpc) is 2.92. The van der Waals surface area contributed by atoms with E-state index in [1.807, 2.05) is 71.0 Å².